The largest absolute Gasteiger partial charge is 0.312 e. The molecule has 0 unspecified atom stereocenters. The molecule has 2 aromatic rings. The smallest absolute Gasteiger partial charge is 0.158 e. The monoisotopic (exact) mass is 310 g/mol. The molecule has 0 saturated heterocycles. The van der Waals surface area contributed by atoms with Crippen LogP contribution < -0.4 is 0 Å². The average molecular weight is 311 g/mol. The second kappa shape index (κ2) is 5.99. The van der Waals surface area contributed by atoms with E-state index in [1.54, 1.807) is 0 Å². The number of hydrogen-bond acceptors (Lipinski definition) is 2. The zero-order valence-electron chi connectivity index (χ0n) is 14.1. The number of imidazole rings is 1. The highest BCUT2D eigenvalue weighted by atomic mass is 35.5. The summed E-state index contributed by atoms with van der Waals surface area (Å²) < 4.78 is 4.29. The van der Waals surface area contributed by atoms with E-state index in [9.17, 15) is 0 Å². The predicted octanol–water partition coefficient (Wildman–Crippen LogP) is 3.80. The summed E-state index contributed by atoms with van der Waals surface area (Å²) >= 11 is 5.97. The van der Waals surface area contributed by atoms with Gasteiger partial charge < -0.3 is 4.57 Å². The minimum absolute atomic E-state index is 0.200. The molecule has 0 aliphatic carbocycles. The standard InChI is InChI=1S/C16H27ClN4/c1-7-12-14-15(20(6)19-12)21(13(18-14)8-9-17)10-16(4,5)11(2)3/h11H,7-10H2,1-6H3. The molecule has 2 heterocycles. The zero-order chi connectivity index (χ0) is 15.8. The lowest BCUT2D eigenvalue weighted by atomic mass is 9.81. The molecule has 0 atom stereocenters. The second-order valence-electron chi connectivity index (χ2n) is 6.79. The van der Waals surface area contributed by atoms with Gasteiger partial charge in [-0.2, -0.15) is 5.10 Å². The molecule has 0 radical (unpaired) electrons. The van der Waals surface area contributed by atoms with Crippen LogP contribution in [0.25, 0.3) is 11.2 Å². The molecule has 21 heavy (non-hydrogen) atoms. The number of nitrogens with zero attached hydrogens (tertiary/aromatic N) is 4. The number of hydrogen-bond donors (Lipinski definition) is 0. The normalized spacial score (nSPS) is 12.8. The van der Waals surface area contributed by atoms with Crippen LogP contribution in [0.5, 0.6) is 0 Å². The first-order valence-corrected chi connectivity index (χ1v) is 8.32. The van der Waals surface area contributed by atoms with Crippen molar-refractivity contribution >= 4 is 22.8 Å². The van der Waals surface area contributed by atoms with Crippen molar-refractivity contribution in [1.82, 2.24) is 19.3 Å². The quantitative estimate of drug-likeness (QED) is 0.761. The molecule has 0 aromatic carbocycles. The van der Waals surface area contributed by atoms with Crippen LogP contribution in [0.3, 0.4) is 0 Å². The minimum Gasteiger partial charge on any atom is -0.312 e. The van der Waals surface area contributed by atoms with E-state index in [-0.39, 0.29) is 5.41 Å². The fraction of sp³-hybridized carbons (Fsp3) is 0.750. The van der Waals surface area contributed by atoms with E-state index in [2.05, 4.69) is 44.3 Å². The second-order valence-corrected chi connectivity index (χ2v) is 7.17. The van der Waals surface area contributed by atoms with Gasteiger partial charge in [0.05, 0.1) is 5.69 Å². The van der Waals surface area contributed by atoms with Crippen molar-refractivity contribution in [3.63, 3.8) is 0 Å². The lowest BCUT2D eigenvalue weighted by Gasteiger charge is -2.30. The predicted molar refractivity (Wildman–Crippen MR) is 88.9 cm³/mol. The van der Waals surface area contributed by atoms with Gasteiger partial charge in [-0.05, 0) is 17.8 Å². The van der Waals surface area contributed by atoms with Gasteiger partial charge in [0, 0.05) is 25.9 Å². The Kier molecular flexibility index (Phi) is 4.66. The Labute approximate surface area is 132 Å². The summed E-state index contributed by atoms with van der Waals surface area (Å²) in [6.07, 6.45) is 1.70. The number of alkyl halides is 1. The molecular weight excluding hydrogens is 284 g/mol. The molecule has 0 aliphatic heterocycles. The van der Waals surface area contributed by atoms with Gasteiger partial charge in [-0.15, -0.1) is 11.6 Å². The fourth-order valence-corrected chi connectivity index (χ4v) is 2.73. The Bertz CT molecular complexity index is 622. The van der Waals surface area contributed by atoms with Crippen molar-refractivity contribution in [1.29, 1.82) is 0 Å². The van der Waals surface area contributed by atoms with E-state index < -0.39 is 0 Å². The van der Waals surface area contributed by atoms with Gasteiger partial charge in [0.2, 0.25) is 0 Å². The van der Waals surface area contributed by atoms with Crippen molar-refractivity contribution in [3.05, 3.63) is 11.5 Å². The van der Waals surface area contributed by atoms with Crippen LogP contribution in [0.1, 0.15) is 46.1 Å². The van der Waals surface area contributed by atoms with E-state index in [1.807, 2.05) is 11.7 Å². The lowest BCUT2D eigenvalue weighted by Crippen LogP contribution is -2.27. The SMILES string of the molecule is CCc1nn(C)c2c1nc(CCCl)n2CC(C)(C)C(C)C. The van der Waals surface area contributed by atoms with Gasteiger partial charge >= 0.3 is 0 Å². The number of aromatic nitrogens is 4. The topological polar surface area (TPSA) is 35.6 Å². The molecule has 0 fully saturated rings. The Morgan fingerprint density at radius 2 is 1.95 bits per heavy atom. The molecule has 5 heteroatoms. The summed E-state index contributed by atoms with van der Waals surface area (Å²) in [4.78, 5) is 4.83. The van der Waals surface area contributed by atoms with Crippen LogP contribution in [0.4, 0.5) is 0 Å². The molecule has 0 aliphatic rings. The number of halogens is 1. The highest BCUT2D eigenvalue weighted by molar-refractivity contribution is 6.17. The third kappa shape index (κ3) is 2.96. The van der Waals surface area contributed by atoms with Crippen molar-refractivity contribution in [2.24, 2.45) is 18.4 Å². The maximum Gasteiger partial charge on any atom is 0.158 e. The summed E-state index contributed by atoms with van der Waals surface area (Å²) in [6.45, 7) is 12.2. The average Bonchev–Trinajstić information content (AvgIpc) is 2.89. The summed E-state index contributed by atoms with van der Waals surface area (Å²) in [5.41, 5.74) is 3.44. The Morgan fingerprint density at radius 3 is 2.48 bits per heavy atom. The van der Waals surface area contributed by atoms with E-state index in [0.717, 1.165) is 42.1 Å². The van der Waals surface area contributed by atoms with Gasteiger partial charge in [-0.25, -0.2) is 4.98 Å². The molecule has 0 spiro atoms. The first-order valence-electron chi connectivity index (χ1n) is 7.78. The first kappa shape index (κ1) is 16.3. The van der Waals surface area contributed by atoms with Gasteiger partial charge in [0.25, 0.3) is 0 Å². The maximum atomic E-state index is 5.97. The number of fused-ring (bicyclic) bond motifs is 1. The van der Waals surface area contributed by atoms with Gasteiger partial charge in [-0.1, -0.05) is 34.6 Å². The van der Waals surface area contributed by atoms with Crippen molar-refractivity contribution < 1.29 is 0 Å². The fourth-order valence-electron chi connectivity index (χ4n) is 2.56. The first-order chi connectivity index (χ1) is 9.81. The van der Waals surface area contributed by atoms with Crippen molar-refractivity contribution in [2.45, 2.75) is 54.0 Å². The number of rotatable bonds is 6. The summed E-state index contributed by atoms with van der Waals surface area (Å²) in [6, 6.07) is 0. The molecule has 118 valence electrons. The molecular formula is C16H27ClN4. The number of aryl methyl sites for hydroxylation is 3. The van der Waals surface area contributed by atoms with Crippen LogP contribution >= 0.6 is 11.6 Å². The molecule has 4 nitrogen and oxygen atoms in total. The molecule has 0 bridgehead atoms. The Balaban J connectivity index is 2.58. The van der Waals surface area contributed by atoms with E-state index in [4.69, 9.17) is 16.6 Å². The summed E-state index contributed by atoms with van der Waals surface area (Å²) in [5.74, 6) is 2.27. The van der Waals surface area contributed by atoms with Crippen LogP contribution in [0.15, 0.2) is 0 Å². The van der Waals surface area contributed by atoms with Crippen molar-refractivity contribution in [3.8, 4) is 0 Å². The van der Waals surface area contributed by atoms with Crippen LogP contribution in [-0.2, 0) is 26.4 Å². The molecule has 2 aromatic heterocycles. The third-order valence-electron chi connectivity index (χ3n) is 4.65. The summed E-state index contributed by atoms with van der Waals surface area (Å²) in [7, 11) is 2.01. The van der Waals surface area contributed by atoms with Crippen molar-refractivity contribution in [2.75, 3.05) is 5.88 Å². The van der Waals surface area contributed by atoms with E-state index in [0.29, 0.717) is 11.8 Å². The van der Waals surface area contributed by atoms with Gasteiger partial charge in [0.15, 0.2) is 5.65 Å². The van der Waals surface area contributed by atoms with Gasteiger partial charge in [0.1, 0.15) is 11.3 Å². The highest BCUT2D eigenvalue weighted by Gasteiger charge is 2.27. The maximum absolute atomic E-state index is 5.97. The van der Waals surface area contributed by atoms with Crippen LogP contribution in [0, 0.1) is 11.3 Å². The highest BCUT2D eigenvalue weighted by Crippen LogP contribution is 2.31. The van der Waals surface area contributed by atoms with Gasteiger partial charge in [-0.3, -0.25) is 4.68 Å². The van der Waals surface area contributed by atoms with Crippen LogP contribution in [0.2, 0.25) is 0 Å². The van der Waals surface area contributed by atoms with E-state index >= 15 is 0 Å². The lowest BCUT2D eigenvalue weighted by molar-refractivity contribution is 0.209. The molecule has 2 rings (SSSR count). The van der Waals surface area contributed by atoms with Crippen LogP contribution in [-0.4, -0.2) is 25.2 Å². The summed E-state index contributed by atoms with van der Waals surface area (Å²) in [5, 5.41) is 4.61. The Hall–Kier alpha value is -1.03. The minimum atomic E-state index is 0.200. The molecule has 0 N–H and O–H groups in total. The zero-order valence-corrected chi connectivity index (χ0v) is 14.8. The molecule has 0 amide bonds. The Morgan fingerprint density at radius 1 is 1.29 bits per heavy atom. The molecule has 0 saturated carbocycles. The third-order valence-corrected chi connectivity index (χ3v) is 4.84. The van der Waals surface area contributed by atoms with E-state index in [1.165, 1.54) is 0 Å².